The Morgan fingerprint density at radius 2 is 1.94 bits per heavy atom. The molecular weight excluding hydrogens is 263 g/mol. The summed E-state index contributed by atoms with van der Waals surface area (Å²) in [5.74, 6) is 0.703. The molecule has 1 aromatic rings. The van der Waals surface area contributed by atoms with Crippen molar-refractivity contribution >= 4 is 27.5 Å². The first-order valence-corrected chi connectivity index (χ1v) is 7.74. The van der Waals surface area contributed by atoms with Gasteiger partial charge in [-0.25, -0.2) is 12.8 Å². The average Bonchev–Trinajstić information content (AvgIpc) is 2.29. The van der Waals surface area contributed by atoms with Crippen molar-refractivity contribution in [2.45, 2.75) is 4.90 Å². The van der Waals surface area contributed by atoms with Crippen molar-refractivity contribution in [1.82, 2.24) is 4.31 Å². The van der Waals surface area contributed by atoms with Crippen molar-refractivity contribution in [3.05, 3.63) is 24.0 Å². The Balaban J connectivity index is 2.37. The van der Waals surface area contributed by atoms with Crippen molar-refractivity contribution < 1.29 is 12.8 Å². The summed E-state index contributed by atoms with van der Waals surface area (Å²) in [7, 11) is -3.72. The Hall–Kier alpha value is -0.790. The third kappa shape index (κ3) is 2.56. The van der Waals surface area contributed by atoms with Crippen LogP contribution in [0.5, 0.6) is 0 Å². The number of hydrogen-bond acceptors (Lipinski definition) is 4. The SMILES string of the molecule is Nc1ccc(S(=O)(=O)N2CCSCC2)c(F)c1. The van der Waals surface area contributed by atoms with Gasteiger partial charge in [-0.3, -0.25) is 0 Å². The van der Waals surface area contributed by atoms with Crippen LogP contribution in [0.3, 0.4) is 0 Å². The largest absolute Gasteiger partial charge is 0.399 e. The number of rotatable bonds is 2. The van der Waals surface area contributed by atoms with Gasteiger partial charge in [-0.2, -0.15) is 16.1 Å². The van der Waals surface area contributed by atoms with Crippen molar-refractivity contribution in [2.24, 2.45) is 0 Å². The van der Waals surface area contributed by atoms with E-state index in [1.807, 2.05) is 0 Å². The minimum Gasteiger partial charge on any atom is -0.399 e. The highest BCUT2D eigenvalue weighted by molar-refractivity contribution is 7.99. The summed E-state index contributed by atoms with van der Waals surface area (Å²) in [5, 5.41) is 0. The Morgan fingerprint density at radius 3 is 2.53 bits per heavy atom. The molecule has 1 heterocycles. The van der Waals surface area contributed by atoms with E-state index in [9.17, 15) is 12.8 Å². The Kier molecular flexibility index (Phi) is 3.60. The summed E-state index contributed by atoms with van der Waals surface area (Å²) in [4.78, 5) is -0.293. The van der Waals surface area contributed by atoms with Crippen LogP contribution < -0.4 is 5.73 Å². The molecule has 17 heavy (non-hydrogen) atoms. The van der Waals surface area contributed by atoms with Gasteiger partial charge in [0.05, 0.1) is 0 Å². The van der Waals surface area contributed by atoms with Crippen molar-refractivity contribution in [1.29, 1.82) is 0 Å². The molecule has 1 aromatic carbocycles. The lowest BCUT2D eigenvalue weighted by Crippen LogP contribution is -2.38. The predicted molar refractivity (Wildman–Crippen MR) is 66.9 cm³/mol. The maximum Gasteiger partial charge on any atom is 0.246 e. The normalized spacial score (nSPS) is 18.2. The van der Waals surface area contributed by atoms with E-state index in [-0.39, 0.29) is 10.6 Å². The summed E-state index contributed by atoms with van der Waals surface area (Å²) < 4.78 is 39.2. The van der Waals surface area contributed by atoms with Gasteiger partial charge in [-0.1, -0.05) is 0 Å². The Labute approximate surface area is 104 Å². The van der Waals surface area contributed by atoms with Crippen LogP contribution in [-0.2, 0) is 10.0 Å². The summed E-state index contributed by atoms with van der Waals surface area (Å²) >= 11 is 1.70. The van der Waals surface area contributed by atoms with Crippen LogP contribution in [0.4, 0.5) is 10.1 Å². The van der Waals surface area contributed by atoms with Gasteiger partial charge in [0, 0.05) is 30.3 Å². The fourth-order valence-corrected chi connectivity index (χ4v) is 4.27. The number of nitrogens with two attached hydrogens (primary N) is 1. The summed E-state index contributed by atoms with van der Waals surface area (Å²) in [6.07, 6.45) is 0. The van der Waals surface area contributed by atoms with Crippen molar-refractivity contribution in [3.8, 4) is 0 Å². The standard InChI is InChI=1S/C10H13FN2O2S2/c11-9-7-8(12)1-2-10(9)17(14,15)13-3-5-16-6-4-13/h1-2,7H,3-6,12H2. The highest BCUT2D eigenvalue weighted by atomic mass is 32.2. The van der Waals surface area contributed by atoms with E-state index in [1.54, 1.807) is 11.8 Å². The molecule has 0 aliphatic carbocycles. The molecule has 0 radical (unpaired) electrons. The number of thioether (sulfide) groups is 1. The molecule has 0 unspecified atom stereocenters. The quantitative estimate of drug-likeness (QED) is 0.823. The molecule has 1 fully saturated rings. The first kappa shape index (κ1) is 12.7. The Bertz CT molecular complexity index is 513. The molecule has 0 atom stereocenters. The lowest BCUT2D eigenvalue weighted by atomic mass is 10.3. The highest BCUT2D eigenvalue weighted by Gasteiger charge is 2.28. The van der Waals surface area contributed by atoms with E-state index in [0.29, 0.717) is 13.1 Å². The first-order chi connectivity index (χ1) is 8.01. The third-order valence-corrected chi connectivity index (χ3v) is 5.42. The van der Waals surface area contributed by atoms with Crippen LogP contribution in [-0.4, -0.2) is 37.3 Å². The van der Waals surface area contributed by atoms with E-state index < -0.39 is 15.8 Å². The van der Waals surface area contributed by atoms with Crippen LogP contribution in [0.15, 0.2) is 23.1 Å². The van der Waals surface area contributed by atoms with Crippen LogP contribution in [0.1, 0.15) is 0 Å². The van der Waals surface area contributed by atoms with E-state index in [1.165, 1.54) is 16.4 Å². The second kappa shape index (κ2) is 4.83. The topological polar surface area (TPSA) is 63.4 Å². The first-order valence-electron chi connectivity index (χ1n) is 5.15. The number of anilines is 1. The van der Waals surface area contributed by atoms with Gasteiger partial charge < -0.3 is 5.73 Å². The zero-order valence-corrected chi connectivity index (χ0v) is 10.7. The van der Waals surface area contributed by atoms with E-state index in [0.717, 1.165) is 17.6 Å². The minimum absolute atomic E-state index is 0.218. The highest BCUT2D eigenvalue weighted by Crippen LogP contribution is 2.23. The fraction of sp³-hybridized carbons (Fsp3) is 0.400. The van der Waals surface area contributed by atoms with Gasteiger partial charge in [0.2, 0.25) is 10.0 Å². The summed E-state index contributed by atoms with van der Waals surface area (Å²) in [6.45, 7) is 0.855. The van der Waals surface area contributed by atoms with Gasteiger partial charge in [0.1, 0.15) is 10.7 Å². The molecular formula is C10H13FN2O2S2. The third-order valence-electron chi connectivity index (χ3n) is 2.54. The molecule has 0 saturated carbocycles. The average molecular weight is 276 g/mol. The summed E-state index contributed by atoms with van der Waals surface area (Å²) in [5.41, 5.74) is 5.62. The zero-order valence-electron chi connectivity index (χ0n) is 9.10. The maximum atomic E-state index is 13.6. The number of hydrogen-bond donors (Lipinski definition) is 1. The van der Waals surface area contributed by atoms with Crippen LogP contribution in [0.25, 0.3) is 0 Å². The van der Waals surface area contributed by atoms with E-state index >= 15 is 0 Å². The molecule has 2 rings (SSSR count). The lowest BCUT2D eigenvalue weighted by molar-refractivity contribution is 0.438. The van der Waals surface area contributed by atoms with Crippen molar-refractivity contribution in [3.63, 3.8) is 0 Å². The van der Waals surface area contributed by atoms with Gasteiger partial charge in [0.25, 0.3) is 0 Å². The molecule has 7 heteroatoms. The maximum absolute atomic E-state index is 13.6. The second-order valence-corrected chi connectivity index (χ2v) is 6.84. The molecule has 0 aromatic heterocycles. The molecule has 2 N–H and O–H groups in total. The fourth-order valence-electron chi connectivity index (χ4n) is 1.65. The van der Waals surface area contributed by atoms with Crippen LogP contribution >= 0.6 is 11.8 Å². The van der Waals surface area contributed by atoms with E-state index in [2.05, 4.69) is 0 Å². The molecule has 0 bridgehead atoms. The van der Waals surface area contributed by atoms with Gasteiger partial charge in [0.15, 0.2) is 0 Å². The lowest BCUT2D eigenvalue weighted by Gasteiger charge is -2.25. The number of halogens is 1. The number of benzene rings is 1. The van der Waals surface area contributed by atoms with Crippen LogP contribution in [0.2, 0.25) is 0 Å². The number of nitrogens with zero attached hydrogens (tertiary/aromatic N) is 1. The second-order valence-electron chi connectivity index (χ2n) is 3.71. The number of nitrogen functional groups attached to an aromatic ring is 1. The molecule has 94 valence electrons. The zero-order chi connectivity index (χ0) is 12.5. The molecule has 0 amide bonds. The Morgan fingerprint density at radius 1 is 1.29 bits per heavy atom. The molecule has 0 spiro atoms. The molecule has 1 aliphatic rings. The monoisotopic (exact) mass is 276 g/mol. The smallest absolute Gasteiger partial charge is 0.246 e. The molecule has 1 aliphatic heterocycles. The molecule has 1 saturated heterocycles. The number of sulfonamides is 1. The van der Waals surface area contributed by atoms with Crippen molar-refractivity contribution in [2.75, 3.05) is 30.3 Å². The van der Waals surface area contributed by atoms with Gasteiger partial charge in [-0.15, -0.1) is 0 Å². The van der Waals surface area contributed by atoms with Crippen LogP contribution in [0, 0.1) is 5.82 Å². The summed E-state index contributed by atoms with van der Waals surface area (Å²) in [6, 6.07) is 3.65. The van der Waals surface area contributed by atoms with Gasteiger partial charge >= 0.3 is 0 Å². The van der Waals surface area contributed by atoms with E-state index in [4.69, 9.17) is 5.73 Å². The minimum atomic E-state index is -3.72. The predicted octanol–water partition coefficient (Wildman–Crippen LogP) is 1.15. The van der Waals surface area contributed by atoms with Gasteiger partial charge in [-0.05, 0) is 18.2 Å². The molecule has 4 nitrogen and oxygen atoms in total.